The van der Waals surface area contributed by atoms with Crippen LogP contribution in [0.5, 0.6) is 0 Å². The second-order valence-electron chi connectivity index (χ2n) is 7.27. The quantitative estimate of drug-likeness (QED) is 0.447. The van der Waals surface area contributed by atoms with Gasteiger partial charge in [-0.15, -0.1) is 0 Å². The molecule has 2 aromatic carbocycles. The number of rotatable bonds is 5. The van der Waals surface area contributed by atoms with Crippen molar-refractivity contribution in [2.24, 2.45) is 0 Å². The van der Waals surface area contributed by atoms with E-state index in [9.17, 15) is 4.79 Å². The Kier molecular flexibility index (Phi) is 4.90. The van der Waals surface area contributed by atoms with E-state index in [1.807, 2.05) is 48.5 Å². The summed E-state index contributed by atoms with van der Waals surface area (Å²) in [6.45, 7) is 0.618. The summed E-state index contributed by atoms with van der Waals surface area (Å²) in [4.78, 5) is 16.9. The number of H-pyrrole nitrogens is 1. The van der Waals surface area contributed by atoms with E-state index in [-0.39, 0.29) is 5.91 Å². The lowest BCUT2D eigenvalue weighted by molar-refractivity contribution is 0.102. The number of nitrogens with zero attached hydrogens (tertiary/aromatic N) is 5. The first kappa shape index (κ1) is 19.2. The molecule has 0 fully saturated rings. The summed E-state index contributed by atoms with van der Waals surface area (Å²) in [5.74, 6) is -0.323. The van der Waals surface area contributed by atoms with Gasteiger partial charge in [-0.05, 0) is 29.3 Å². The number of aromatic nitrogens is 5. The van der Waals surface area contributed by atoms with Crippen LogP contribution in [-0.2, 0) is 6.54 Å². The summed E-state index contributed by atoms with van der Waals surface area (Å²) in [5.41, 5.74) is 4.91. The molecule has 0 atom stereocenters. The Bertz CT molecular complexity index is 1460. The maximum absolute atomic E-state index is 12.8. The van der Waals surface area contributed by atoms with E-state index >= 15 is 0 Å². The molecular weight excluding hydrogens is 402 g/mol. The monoisotopic (exact) mass is 419 g/mol. The first-order valence-electron chi connectivity index (χ1n) is 9.91. The molecule has 5 aromatic rings. The molecule has 0 spiro atoms. The van der Waals surface area contributed by atoms with E-state index < -0.39 is 0 Å². The van der Waals surface area contributed by atoms with E-state index in [0.29, 0.717) is 28.9 Å². The van der Waals surface area contributed by atoms with Crippen LogP contribution in [0.1, 0.15) is 21.6 Å². The smallest absolute Gasteiger partial charge is 0.276 e. The van der Waals surface area contributed by atoms with Crippen LogP contribution in [-0.4, -0.2) is 30.9 Å². The number of hydrogen-bond donors (Lipinski definition) is 2. The van der Waals surface area contributed by atoms with Crippen molar-refractivity contribution in [1.29, 1.82) is 5.26 Å². The molecule has 0 bridgehead atoms. The van der Waals surface area contributed by atoms with Gasteiger partial charge in [0, 0.05) is 29.5 Å². The molecule has 0 aliphatic heterocycles. The van der Waals surface area contributed by atoms with Crippen molar-refractivity contribution in [3.05, 3.63) is 96.2 Å². The number of amides is 1. The predicted octanol–water partition coefficient (Wildman–Crippen LogP) is 3.99. The lowest BCUT2D eigenvalue weighted by Gasteiger charge is -2.03. The summed E-state index contributed by atoms with van der Waals surface area (Å²) in [7, 11) is 0. The fraction of sp³-hybridized carbons (Fsp3) is 0.0417. The summed E-state index contributed by atoms with van der Waals surface area (Å²) in [6.07, 6.45) is 6.61. The van der Waals surface area contributed by atoms with Crippen LogP contribution >= 0.6 is 0 Å². The van der Waals surface area contributed by atoms with E-state index in [0.717, 1.165) is 22.2 Å². The highest BCUT2D eigenvalue weighted by molar-refractivity contribution is 6.11. The Hall–Kier alpha value is -4.77. The van der Waals surface area contributed by atoms with Crippen molar-refractivity contribution < 1.29 is 4.79 Å². The van der Waals surface area contributed by atoms with Crippen LogP contribution in [0.15, 0.2) is 79.4 Å². The minimum Gasteiger partial charge on any atom is -0.318 e. The van der Waals surface area contributed by atoms with Crippen LogP contribution in [0.25, 0.3) is 22.0 Å². The van der Waals surface area contributed by atoms with Gasteiger partial charge in [0.05, 0.1) is 29.5 Å². The normalized spacial score (nSPS) is 10.7. The van der Waals surface area contributed by atoms with Gasteiger partial charge in [0.1, 0.15) is 6.07 Å². The van der Waals surface area contributed by atoms with Crippen LogP contribution in [0, 0.1) is 11.3 Å². The van der Waals surface area contributed by atoms with Gasteiger partial charge >= 0.3 is 0 Å². The third kappa shape index (κ3) is 3.82. The molecule has 0 aliphatic rings. The largest absolute Gasteiger partial charge is 0.318 e. The molecule has 3 aromatic heterocycles. The molecule has 3 heterocycles. The molecule has 1 amide bonds. The molecule has 8 nitrogen and oxygen atoms in total. The lowest BCUT2D eigenvalue weighted by Crippen LogP contribution is -2.12. The summed E-state index contributed by atoms with van der Waals surface area (Å²) in [5, 5.41) is 24.1. The third-order valence-corrected chi connectivity index (χ3v) is 5.06. The molecule has 0 saturated heterocycles. The third-order valence-electron chi connectivity index (χ3n) is 5.06. The zero-order valence-corrected chi connectivity index (χ0v) is 16.9. The maximum atomic E-state index is 12.8. The minimum atomic E-state index is -0.323. The van der Waals surface area contributed by atoms with Crippen LogP contribution in [0.2, 0.25) is 0 Å². The van der Waals surface area contributed by atoms with Gasteiger partial charge in [-0.25, -0.2) is 0 Å². The first-order valence-corrected chi connectivity index (χ1v) is 9.91. The number of pyridine rings is 1. The fourth-order valence-electron chi connectivity index (χ4n) is 3.51. The van der Waals surface area contributed by atoms with E-state index in [1.165, 1.54) is 6.20 Å². The molecule has 0 radical (unpaired) electrons. The first-order chi connectivity index (χ1) is 15.7. The Balaban J connectivity index is 1.35. The molecule has 32 heavy (non-hydrogen) atoms. The van der Waals surface area contributed by atoms with Crippen molar-refractivity contribution in [3.8, 4) is 17.2 Å². The SMILES string of the molecule is N#Cc1cncc(-c2ccc3c(C(=O)Nc4cnn(Cc5ccccc5)c4)n[nH]c3c2)c1. The van der Waals surface area contributed by atoms with Gasteiger partial charge in [0.2, 0.25) is 0 Å². The predicted molar refractivity (Wildman–Crippen MR) is 120 cm³/mol. The van der Waals surface area contributed by atoms with Crippen molar-refractivity contribution in [2.45, 2.75) is 6.54 Å². The number of benzene rings is 2. The molecule has 0 unspecified atom stereocenters. The molecule has 154 valence electrons. The average molecular weight is 419 g/mol. The second kappa shape index (κ2) is 8.16. The summed E-state index contributed by atoms with van der Waals surface area (Å²) >= 11 is 0. The molecule has 2 N–H and O–H groups in total. The van der Waals surface area contributed by atoms with Crippen LogP contribution in [0.3, 0.4) is 0 Å². The average Bonchev–Trinajstić information content (AvgIpc) is 3.46. The number of anilines is 1. The summed E-state index contributed by atoms with van der Waals surface area (Å²) < 4.78 is 1.77. The van der Waals surface area contributed by atoms with Gasteiger partial charge in [-0.3, -0.25) is 19.6 Å². The Morgan fingerprint density at radius 1 is 1.06 bits per heavy atom. The molecule has 8 heteroatoms. The van der Waals surface area contributed by atoms with Crippen LogP contribution < -0.4 is 5.32 Å². The van der Waals surface area contributed by atoms with Crippen molar-refractivity contribution in [1.82, 2.24) is 25.0 Å². The second-order valence-corrected chi connectivity index (χ2v) is 7.27. The fourth-order valence-corrected chi connectivity index (χ4v) is 3.51. The summed E-state index contributed by atoms with van der Waals surface area (Å²) in [6, 6.07) is 19.4. The number of carbonyl (C=O) groups excluding carboxylic acids is 1. The standard InChI is InChI=1S/C24H17N7O/c25-10-17-8-19(12-26-11-17)18-6-7-21-22(9-18)29-30-23(21)24(32)28-20-13-27-31(15-20)14-16-4-2-1-3-5-16/h1-9,11-13,15H,14H2,(H,28,32)(H,29,30). The van der Waals surface area contributed by atoms with Gasteiger partial charge in [-0.1, -0.05) is 36.4 Å². The topological polar surface area (TPSA) is 112 Å². The lowest BCUT2D eigenvalue weighted by atomic mass is 10.0. The number of carbonyl (C=O) groups is 1. The molecule has 0 saturated carbocycles. The molecule has 0 aliphatic carbocycles. The highest BCUT2D eigenvalue weighted by atomic mass is 16.2. The van der Waals surface area contributed by atoms with Crippen molar-refractivity contribution in [3.63, 3.8) is 0 Å². The molecular formula is C24H17N7O. The molecule has 5 rings (SSSR count). The number of nitriles is 1. The van der Waals surface area contributed by atoms with E-state index in [1.54, 1.807) is 29.3 Å². The van der Waals surface area contributed by atoms with Crippen LogP contribution in [0.4, 0.5) is 5.69 Å². The number of aromatic amines is 1. The minimum absolute atomic E-state index is 0.297. The van der Waals surface area contributed by atoms with Gasteiger partial charge in [0.15, 0.2) is 5.69 Å². The highest BCUT2D eigenvalue weighted by Crippen LogP contribution is 2.25. The van der Waals surface area contributed by atoms with Gasteiger partial charge in [-0.2, -0.15) is 15.5 Å². The highest BCUT2D eigenvalue weighted by Gasteiger charge is 2.16. The van der Waals surface area contributed by atoms with E-state index in [2.05, 4.69) is 31.7 Å². The Labute approximate surface area is 183 Å². The van der Waals surface area contributed by atoms with Crippen molar-refractivity contribution in [2.75, 3.05) is 5.32 Å². The van der Waals surface area contributed by atoms with Gasteiger partial charge < -0.3 is 5.32 Å². The Morgan fingerprint density at radius 2 is 1.94 bits per heavy atom. The van der Waals surface area contributed by atoms with Crippen molar-refractivity contribution >= 4 is 22.5 Å². The zero-order valence-electron chi connectivity index (χ0n) is 16.9. The number of fused-ring (bicyclic) bond motifs is 1. The maximum Gasteiger partial charge on any atom is 0.276 e. The Morgan fingerprint density at radius 3 is 2.78 bits per heavy atom. The number of hydrogen-bond acceptors (Lipinski definition) is 5. The van der Waals surface area contributed by atoms with Gasteiger partial charge in [0.25, 0.3) is 5.91 Å². The zero-order chi connectivity index (χ0) is 21.9. The van der Waals surface area contributed by atoms with E-state index in [4.69, 9.17) is 5.26 Å². The number of nitrogens with one attached hydrogen (secondary N) is 2.